The molecule has 94 valence electrons. The van der Waals surface area contributed by atoms with Crippen molar-refractivity contribution in [3.63, 3.8) is 0 Å². The molecule has 0 saturated heterocycles. The van der Waals surface area contributed by atoms with Crippen molar-refractivity contribution >= 4 is 11.3 Å². The van der Waals surface area contributed by atoms with Gasteiger partial charge in [-0.15, -0.1) is 0 Å². The molecule has 0 spiro atoms. The summed E-state index contributed by atoms with van der Waals surface area (Å²) in [6.07, 6.45) is 9.59. The summed E-state index contributed by atoms with van der Waals surface area (Å²) in [7, 11) is 0. The third-order valence-corrected chi connectivity index (χ3v) is 3.17. The second-order valence-corrected chi connectivity index (χ2v) is 4.63. The summed E-state index contributed by atoms with van der Waals surface area (Å²) in [5.74, 6) is 0. The minimum absolute atomic E-state index is 0.956. The summed E-state index contributed by atoms with van der Waals surface area (Å²) >= 11 is 0. The van der Waals surface area contributed by atoms with E-state index in [4.69, 9.17) is 4.42 Å². The van der Waals surface area contributed by atoms with E-state index in [-0.39, 0.29) is 0 Å². The van der Waals surface area contributed by atoms with Crippen molar-refractivity contribution in [2.45, 2.75) is 6.92 Å². The van der Waals surface area contributed by atoms with E-state index in [0.717, 1.165) is 22.5 Å². The summed E-state index contributed by atoms with van der Waals surface area (Å²) in [6.45, 7) is 6.18. The summed E-state index contributed by atoms with van der Waals surface area (Å²) in [4.78, 5) is 2.09. The van der Waals surface area contributed by atoms with Gasteiger partial charge in [-0.2, -0.15) is 0 Å². The van der Waals surface area contributed by atoms with Gasteiger partial charge in [-0.05, 0) is 36.8 Å². The van der Waals surface area contributed by atoms with Crippen LogP contribution in [-0.4, -0.2) is 0 Å². The number of allylic oxidation sites excluding steroid dienone is 3. The van der Waals surface area contributed by atoms with Gasteiger partial charge in [0, 0.05) is 28.7 Å². The van der Waals surface area contributed by atoms with E-state index in [1.807, 2.05) is 12.1 Å². The van der Waals surface area contributed by atoms with Crippen molar-refractivity contribution in [3.8, 4) is 0 Å². The van der Waals surface area contributed by atoms with Gasteiger partial charge in [0.1, 0.15) is 0 Å². The van der Waals surface area contributed by atoms with Gasteiger partial charge in [-0.25, -0.2) is 0 Å². The Morgan fingerprint density at radius 3 is 2.79 bits per heavy atom. The zero-order valence-corrected chi connectivity index (χ0v) is 10.8. The number of nitrogens with zero attached hydrogens (tertiary/aromatic N) is 1. The highest BCUT2D eigenvalue weighted by Crippen LogP contribution is 2.29. The molecule has 0 unspecified atom stereocenters. The maximum absolute atomic E-state index is 5.14. The molecule has 2 heteroatoms. The quantitative estimate of drug-likeness (QED) is 0.778. The molecular formula is C17H15NO. The molecule has 2 nitrogen and oxygen atoms in total. The van der Waals surface area contributed by atoms with Crippen LogP contribution in [-0.2, 0) is 0 Å². The van der Waals surface area contributed by atoms with E-state index in [1.54, 1.807) is 12.5 Å². The number of hydrogen-bond donors (Lipinski definition) is 0. The van der Waals surface area contributed by atoms with E-state index >= 15 is 0 Å². The molecule has 19 heavy (non-hydrogen) atoms. The van der Waals surface area contributed by atoms with Gasteiger partial charge in [0.15, 0.2) is 0 Å². The highest BCUT2D eigenvalue weighted by Gasteiger charge is 2.12. The predicted octanol–water partition coefficient (Wildman–Crippen LogP) is 4.52. The van der Waals surface area contributed by atoms with E-state index in [0.29, 0.717) is 0 Å². The Morgan fingerprint density at radius 2 is 2.05 bits per heavy atom. The first-order valence-electron chi connectivity index (χ1n) is 6.21. The number of hydrogen-bond acceptors (Lipinski definition) is 2. The molecule has 1 aliphatic heterocycles. The van der Waals surface area contributed by atoms with Gasteiger partial charge in [0.05, 0.1) is 12.5 Å². The third kappa shape index (κ3) is 2.25. The number of furan rings is 1. The maximum Gasteiger partial charge on any atom is 0.0981 e. The van der Waals surface area contributed by atoms with Crippen LogP contribution in [0.4, 0.5) is 5.69 Å². The first kappa shape index (κ1) is 11.6. The van der Waals surface area contributed by atoms with Gasteiger partial charge in [0.2, 0.25) is 0 Å². The Bertz CT molecular complexity index is 662. The summed E-state index contributed by atoms with van der Waals surface area (Å²) < 4.78 is 5.14. The molecule has 0 bridgehead atoms. The van der Waals surface area contributed by atoms with Crippen molar-refractivity contribution in [1.29, 1.82) is 0 Å². The molecule has 0 amide bonds. The lowest BCUT2D eigenvalue weighted by molar-refractivity contribution is 0.566. The van der Waals surface area contributed by atoms with E-state index in [2.05, 4.69) is 54.9 Å². The fourth-order valence-electron chi connectivity index (χ4n) is 2.15. The second kappa shape index (κ2) is 4.65. The molecule has 2 heterocycles. The minimum Gasteiger partial charge on any atom is -0.472 e. The van der Waals surface area contributed by atoms with Crippen molar-refractivity contribution in [1.82, 2.24) is 0 Å². The molecule has 2 aromatic rings. The van der Waals surface area contributed by atoms with Crippen molar-refractivity contribution in [2.24, 2.45) is 0 Å². The van der Waals surface area contributed by atoms with Crippen molar-refractivity contribution < 1.29 is 4.42 Å². The van der Waals surface area contributed by atoms with E-state index in [1.165, 1.54) is 5.56 Å². The van der Waals surface area contributed by atoms with E-state index in [9.17, 15) is 0 Å². The predicted molar refractivity (Wildman–Crippen MR) is 78.6 cm³/mol. The number of aryl methyl sites for hydroxylation is 1. The Morgan fingerprint density at radius 1 is 1.16 bits per heavy atom. The zero-order valence-electron chi connectivity index (χ0n) is 10.8. The van der Waals surface area contributed by atoms with Gasteiger partial charge < -0.3 is 9.32 Å². The smallest absolute Gasteiger partial charge is 0.0981 e. The number of benzene rings is 1. The Hall–Kier alpha value is -2.48. The summed E-state index contributed by atoms with van der Waals surface area (Å²) in [5.41, 5.74) is 5.50. The monoisotopic (exact) mass is 249 g/mol. The first-order valence-corrected chi connectivity index (χ1v) is 6.21. The Kier molecular flexibility index (Phi) is 2.84. The van der Waals surface area contributed by atoms with E-state index < -0.39 is 0 Å². The van der Waals surface area contributed by atoms with Crippen LogP contribution < -0.4 is 4.90 Å². The molecular weight excluding hydrogens is 234 g/mol. The molecule has 0 aliphatic carbocycles. The van der Waals surface area contributed by atoms with Gasteiger partial charge in [-0.3, -0.25) is 0 Å². The maximum atomic E-state index is 5.14. The van der Waals surface area contributed by atoms with Crippen LogP contribution in [0.1, 0.15) is 11.1 Å². The molecule has 0 N–H and O–H groups in total. The van der Waals surface area contributed by atoms with Crippen LogP contribution in [0.15, 0.2) is 77.9 Å². The molecule has 0 saturated carbocycles. The lowest BCUT2D eigenvalue weighted by atomic mass is 10.1. The minimum atomic E-state index is 0.956. The third-order valence-electron chi connectivity index (χ3n) is 3.17. The molecule has 1 aliphatic rings. The fourth-order valence-corrected chi connectivity index (χ4v) is 2.15. The average molecular weight is 249 g/mol. The van der Waals surface area contributed by atoms with Gasteiger partial charge >= 0.3 is 0 Å². The van der Waals surface area contributed by atoms with Crippen LogP contribution in [0.3, 0.4) is 0 Å². The van der Waals surface area contributed by atoms with Crippen LogP contribution in [0.2, 0.25) is 0 Å². The summed E-state index contributed by atoms with van der Waals surface area (Å²) in [6, 6.07) is 10.3. The van der Waals surface area contributed by atoms with Crippen LogP contribution in [0.5, 0.6) is 0 Å². The second-order valence-electron chi connectivity index (χ2n) is 4.63. The molecule has 3 rings (SSSR count). The van der Waals surface area contributed by atoms with Crippen LogP contribution in [0, 0.1) is 6.92 Å². The highest BCUT2D eigenvalue weighted by molar-refractivity contribution is 5.80. The summed E-state index contributed by atoms with van der Waals surface area (Å²) in [5, 5.41) is 0. The molecule has 1 aromatic carbocycles. The number of anilines is 1. The van der Waals surface area contributed by atoms with Gasteiger partial charge in [0.25, 0.3) is 0 Å². The fraction of sp³-hybridized carbons (Fsp3) is 0.0588. The van der Waals surface area contributed by atoms with Crippen molar-refractivity contribution in [2.75, 3.05) is 4.90 Å². The lowest BCUT2D eigenvalue weighted by Gasteiger charge is -2.25. The van der Waals surface area contributed by atoms with Crippen LogP contribution in [0.25, 0.3) is 5.57 Å². The van der Waals surface area contributed by atoms with Crippen molar-refractivity contribution in [3.05, 3.63) is 84.6 Å². The SMILES string of the molecule is C=C1C=CC(c2ccoc2)=CN1c1cccc(C)c1. The molecule has 1 aromatic heterocycles. The molecule has 0 fully saturated rings. The first-order chi connectivity index (χ1) is 9.24. The largest absolute Gasteiger partial charge is 0.472 e. The van der Waals surface area contributed by atoms with Gasteiger partial charge in [-0.1, -0.05) is 24.8 Å². The highest BCUT2D eigenvalue weighted by atomic mass is 16.3. The molecule has 0 radical (unpaired) electrons. The lowest BCUT2D eigenvalue weighted by Crippen LogP contribution is -2.16. The normalized spacial score (nSPS) is 14.7. The Labute approximate surface area is 113 Å². The number of rotatable bonds is 2. The van der Waals surface area contributed by atoms with Crippen LogP contribution >= 0.6 is 0 Å². The Balaban J connectivity index is 2.01. The standard InChI is InChI=1S/C17H15NO/c1-13-4-3-5-17(10-13)18-11-15(7-6-14(18)2)16-8-9-19-12-16/h3-12H,2H2,1H3. The zero-order chi connectivity index (χ0) is 13.2. The molecule has 0 atom stereocenters. The topological polar surface area (TPSA) is 16.4 Å². The average Bonchev–Trinajstić information content (AvgIpc) is 2.93.